The van der Waals surface area contributed by atoms with E-state index in [1.807, 2.05) is 44.3 Å². The Morgan fingerprint density at radius 3 is 2.22 bits per heavy atom. The van der Waals surface area contributed by atoms with Crippen LogP contribution in [0.5, 0.6) is 0 Å². The number of nitrogens with zero attached hydrogens (tertiary/aromatic N) is 2. The van der Waals surface area contributed by atoms with Crippen LogP contribution >= 0.6 is 0 Å². The van der Waals surface area contributed by atoms with E-state index >= 15 is 0 Å². The molecule has 32 heavy (non-hydrogen) atoms. The molecule has 3 rings (SSSR count). The Hall–Kier alpha value is -2.29. The van der Waals surface area contributed by atoms with Crippen molar-refractivity contribution in [2.24, 2.45) is 10.9 Å². The zero-order valence-corrected chi connectivity index (χ0v) is 21.4. The van der Waals surface area contributed by atoms with E-state index < -0.39 is 0 Å². The van der Waals surface area contributed by atoms with Crippen LogP contribution in [-0.2, 0) is 4.79 Å². The Bertz CT molecular complexity index is 802. The number of aromatic nitrogens is 1. The summed E-state index contributed by atoms with van der Waals surface area (Å²) < 4.78 is 0. The van der Waals surface area contributed by atoms with Crippen molar-refractivity contribution in [2.45, 2.75) is 99.3 Å². The maximum Gasteiger partial charge on any atom is 0.133 e. The lowest BCUT2D eigenvalue weighted by Crippen LogP contribution is -2.04. The topological polar surface area (TPSA) is 42.3 Å². The highest BCUT2D eigenvalue weighted by Crippen LogP contribution is 2.24. The van der Waals surface area contributed by atoms with Gasteiger partial charge >= 0.3 is 0 Å². The van der Waals surface area contributed by atoms with Crippen molar-refractivity contribution in [3.63, 3.8) is 0 Å². The molecule has 1 unspecified atom stereocenters. The van der Waals surface area contributed by atoms with E-state index in [4.69, 9.17) is 0 Å². The SMILES string of the molecule is CC1CCC1.CCC(=O)CC(C)c1ccccc1.CCCC(C)=Nc1c(C)ccnc1C. The fourth-order valence-corrected chi connectivity index (χ4v) is 3.46. The van der Waals surface area contributed by atoms with Gasteiger partial charge in [-0.3, -0.25) is 14.8 Å². The summed E-state index contributed by atoms with van der Waals surface area (Å²) in [7, 11) is 0. The van der Waals surface area contributed by atoms with Crippen LogP contribution in [0.25, 0.3) is 0 Å². The average molecular weight is 437 g/mol. The highest BCUT2D eigenvalue weighted by Gasteiger charge is 2.09. The van der Waals surface area contributed by atoms with Gasteiger partial charge in [-0.2, -0.15) is 0 Å². The van der Waals surface area contributed by atoms with Crippen molar-refractivity contribution < 1.29 is 4.79 Å². The van der Waals surface area contributed by atoms with Gasteiger partial charge in [-0.25, -0.2) is 0 Å². The molecule has 0 amide bonds. The minimum Gasteiger partial charge on any atom is -0.300 e. The van der Waals surface area contributed by atoms with Gasteiger partial charge in [-0.05, 0) is 56.2 Å². The normalized spacial score (nSPS) is 14.3. The number of rotatable bonds is 7. The molecular formula is C29H44N2O. The number of carbonyl (C=O) groups excluding carboxylic acids is 1. The minimum absolute atomic E-state index is 0.344. The summed E-state index contributed by atoms with van der Waals surface area (Å²) in [5, 5.41) is 0. The predicted molar refractivity (Wildman–Crippen MR) is 139 cm³/mol. The predicted octanol–water partition coefficient (Wildman–Crippen LogP) is 8.56. The molecule has 0 spiro atoms. The summed E-state index contributed by atoms with van der Waals surface area (Å²) in [6, 6.07) is 12.2. The first-order chi connectivity index (χ1) is 15.3. The fourth-order valence-electron chi connectivity index (χ4n) is 3.46. The molecule has 1 heterocycles. The number of Topliss-reactive ketones (excluding diaryl/α,β-unsaturated/α-hetero) is 1. The van der Waals surface area contributed by atoms with E-state index in [0.717, 1.165) is 30.1 Å². The van der Waals surface area contributed by atoms with Crippen LogP contribution in [0.1, 0.15) is 102 Å². The third-order valence-corrected chi connectivity index (χ3v) is 5.91. The second kappa shape index (κ2) is 15.5. The van der Waals surface area contributed by atoms with Crippen molar-refractivity contribution in [3.05, 3.63) is 59.4 Å². The summed E-state index contributed by atoms with van der Waals surface area (Å²) >= 11 is 0. The van der Waals surface area contributed by atoms with E-state index in [1.54, 1.807) is 0 Å². The Morgan fingerprint density at radius 2 is 1.75 bits per heavy atom. The smallest absolute Gasteiger partial charge is 0.133 e. The fraction of sp³-hybridized carbons (Fsp3) is 0.552. The molecular weight excluding hydrogens is 392 g/mol. The molecule has 176 valence electrons. The lowest BCUT2D eigenvalue weighted by Gasteiger charge is -2.18. The molecule has 1 fully saturated rings. The molecule has 1 aliphatic rings. The quantitative estimate of drug-likeness (QED) is 0.408. The van der Waals surface area contributed by atoms with Crippen LogP contribution in [0.4, 0.5) is 5.69 Å². The number of hydrogen-bond acceptors (Lipinski definition) is 3. The van der Waals surface area contributed by atoms with Crippen LogP contribution in [-0.4, -0.2) is 16.5 Å². The lowest BCUT2D eigenvalue weighted by molar-refractivity contribution is -0.119. The summed E-state index contributed by atoms with van der Waals surface area (Å²) in [6.07, 6.45) is 9.82. The second-order valence-corrected chi connectivity index (χ2v) is 9.10. The molecule has 1 saturated carbocycles. The highest BCUT2D eigenvalue weighted by molar-refractivity contribution is 5.85. The molecule has 0 N–H and O–H groups in total. The molecule has 1 aliphatic carbocycles. The van der Waals surface area contributed by atoms with Crippen molar-refractivity contribution in [1.82, 2.24) is 4.98 Å². The molecule has 0 saturated heterocycles. The Morgan fingerprint density at radius 1 is 1.12 bits per heavy atom. The molecule has 0 aliphatic heterocycles. The first kappa shape index (κ1) is 27.7. The number of hydrogen-bond donors (Lipinski definition) is 0. The highest BCUT2D eigenvalue weighted by atomic mass is 16.1. The number of carbonyl (C=O) groups is 1. The van der Waals surface area contributed by atoms with Crippen molar-refractivity contribution in [3.8, 4) is 0 Å². The molecule has 0 bridgehead atoms. The molecule has 1 aromatic carbocycles. The largest absolute Gasteiger partial charge is 0.300 e. The van der Waals surface area contributed by atoms with E-state index in [2.05, 4.69) is 56.7 Å². The van der Waals surface area contributed by atoms with E-state index in [1.165, 1.54) is 36.1 Å². The molecule has 3 nitrogen and oxygen atoms in total. The average Bonchev–Trinajstić information content (AvgIpc) is 2.76. The summed E-state index contributed by atoms with van der Waals surface area (Å²) in [4.78, 5) is 20.0. The van der Waals surface area contributed by atoms with Crippen LogP contribution in [0.2, 0.25) is 0 Å². The standard InChI is InChI=1S/C12H18N2.C12H16O.C5H10/c1-5-6-10(3)14-12-9(2)7-8-13-11(12)4;1-3-12(13)9-10(2)11-7-5-4-6-8-11;1-5-3-2-4-5/h7-8H,5-6H2,1-4H3;4-8,10H,3,9H2,1-2H3;5H,2-4H2,1H3. The lowest BCUT2D eigenvalue weighted by atomic mass is 9.88. The van der Waals surface area contributed by atoms with Gasteiger partial charge in [0.25, 0.3) is 0 Å². The molecule has 0 radical (unpaired) electrons. The number of ketones is 1. The third kappa shape index (κ3) is 10.8. The Labute approximate surface area is 196 Å². The van der Waals surface area contributed by atoms with Crippen molar-refractivity contribution >= 4 is 17.2 Å². The third-order valence-electron chi connectivity index (χ3n) is 5.91. The summed E-state index contributed by atoms with van der Waals surface area (Å²) in [6.45, 7) is 14.7. The number of aryl methyl sites for hydroxylation is 2. The van der Waals surface area contributed by atoms with Gasteiger partial charge in [0.2, 0.25) is 0 Å². The first-order valence-electron chi connectivity index (χ1n) is 12.3. The van der Waals surface area contributed by atoms with Crippen LogP contribution in [0.3, 0.4) is 0 Å². The van der Waals surface area contributed by atoms with Crippen LogP contribution in [0.15, 0.2) is 47.6 Å². The van der Waals surface area contributed by atoms with Gasteiger partial charge in [0.15, 0.2) is 0 Å². The van der Waals surface area contributed by atoms with Gasteiger partial charge in [-0.15, -0.1) is 0 Å². The van der Waals surface area contributed by atoms with Crippen molar-refractivity contribution in [1.29, 1.82) is 0 Å². The minimum atomic E-state index is 0.344. The number of pyridine rings is 1. The number of benzene rings is 1. The Balaban J connectivity index is 0.000000264. The summed E-state index contributed by atoms with van der Waals surface area (Å²) in [5.74, 6) is 1.76. The monoisotopic (exact) mass is 436 g/mol. The van der Waals surface area contributed by atoms with Crippen molar-refractivity contribution in [2.75, 3.05) is 0 Å². The molecule has 2 aromatic rings. The van der Waals surface area contributed by atoms with Gasteiger partial charge in [0.05, 0.1) is 11.4 Å². The van der Waals surface area contributed by atoms with E-state index in [9.17, 15) is 4.79 Å². The van der Waals surface area contributed by atoms with Gasteiger partial charge < -0.3 is 0 Å². The van der Waals surface area contributed by atoms with Gasteiger partial charge in [0.1, 0.15) is 5.78 Å². The number of aliphatic imine (C=N–C) groups is 1. The molecule has 3 heteroatoms. The van der Waals surface area contributed by atoms with E-state index in [-0.39, 0.29) is 0 Å². The maximum absolute atomic E-state index is 11.2. The van der Waals surface area contributed by atoms with E-state index in [0.29, 0.717) is 24.5 Å². The zero-order chi connectivity index (χ0) is 23.9. The maximum atomic E-state index is 11.2. The Kier molecular flexibility index (Phi) is 13.4. The first-order valence-corrected chi connectivity index (χ1v) is 12.3. The van der Waals surface area contributed by atoms with Gasteiger partial charge in [-0.1, -0.05) is 83.7 Å². The second-order valence-electron chi connectivity index (χ2n) is 9.10. The summed E-state index contributed by atoms with van der Waals surface area (Å²) in [5.41, 5.74) is 5.70. The van der Waals surface area contributed by atoms with Crippen LogP contribution < -0.4 is 0 Å². The zero-order valence-electron chi connectivity index (χ0n) is 21.4. The van der Waals surface area contributed by atoms with Crippen LogP contribution in [0, 0.1) is 19.8 Å². The van der Waals surface area contributed by atoms with Gasteiger partial charge in [0, 0.05) is 24.8 Å². The molecule has 1 aromatic heterocycles. The molecule has 1 atom stereocenters.